The van der Waals surface area contributed by atoms with E-state index in [9.17, 15) is 9.59 Å². The normalized spacial score (nSPS) is 13.8. The zero-order chi connectivity index (χ0) is 22.8. The molecule has 4 aromatic rings. The van der Waals surface area contributed by atoms with Crippen LogP contribution < -0.4 is 10.9 Å². The molecule has 0 bridgehead atoms. The van der Waals surface area contributed by atoms with Crippen molar-refractivity contribution in [1.29, 1.82) is 0 Å². The lowest BCUT2D eigenvalue weighted by Crippen LogP contribution is -2.29. The Hall–Kier alpha value is -2.42. The summed E-state index contributed by atoms with van der Waals surface area (Å²) >= 11 is 4.93. The van der Waals surface area contributed by atoms with E-state index in [-0.39, 0.29) is 17.5 Å². The molecule has 0 spiro atoms. The van der Waals surface area contributed by atoms with E-state index in [0.717, 1.165) is 39.9 Å². The van der Waals surface area contributed by atoms with Gasteiger partial charge in [0.05, 0.1) is 17.2 Å². The van der Waals surface area contributed by atoms with Crippen molar-refractivity contribution in [2.24, 2.45) is 0 Å². The van der Waals surface area contributed by atoms with Crippen LogP contribution >= 0.6 is 34.4 Å². The van der Waals surface area contributed by atoms with E-state index in [1.807, 2.05) is 11.4 Å². The molecule has 0 saturated heterocycles. The van der Waals surface area contributed by atoms with Crippen LogP contribution in [0.4, 0.5) is 0 Å². The molecule has 0 aliphatic heterocycles. The van der Waals surface area contributed by atoms with Gasteiger partial charge in [-0.1, -0.05) is 35.9 Å². The van der Waals surface area contributed by atoms with Crippen molar-refractivity contribution in [3.8, 4) is 0 Å². The summed E-state index contributed by atoms with van der Waals surface area (Å²) in [4.78, 5) is 36.2. The Balaban J connectivity index is 1.18. The monoisotopic (exact) mass is 495 g/mol. The summed E-state index contributed by atoms with van der Waals surface area (Å²) < 4.78 is 0. The fourth-order valence-corrected chi connectivity index (χ4v) is 7.10. The Labute approximate surface area is 204 Å². The Kier molecular flexibility index (Phi) is 6.66. The number of nitrogens with one attached hydrogen (secondary N) is 2. The molecule has 3 heterocycles. The number of thioether (sulfide) groups is 1. The third-order valence-corrected chi connectivity index (χ3v) is 8.97. The second-order valence-electron chi connectivity index (χ2n) is 8.28. The number of H-pyrrole nitrogens is 1. The van der Waals surface area contributed by atoms with Gasteiger partial charge in [-0.3, -0.25) is 9.59 Å². The highest BCUT2D eigenvalue weighted by molar-refractivity contribution is 7.98. The summed E-state index contributed by atoms with van der Waals surface area (Å²) in [5.74, 6) is 1.97. The smallest absolute Gasteiger partial charge is 0.259 e. The average molecular weight is 496 g/mol. The molecule has 5 rings (SSSR count). The van der Waals surface area contributed by atoms with Crippen LogP contribution in [0, 0.1) is 6.92 Å². The number of fused-ring (bicyclic) bond motifs is 3. The predicted octanol–water partition coefficient (Wildman–Crippen LogP) is 5.37. The first-order valence-corrected chi connectivity index (χ1v) is 13.9. The number of carbonyl (C=O) groups is 1. The molecule has 3 aromatic heterocycles. The van der Waals surface area contributed by atoms with Crippen LogP contribution in [-0.2, 0) is 23.4 Å². The van der Waals surface area contributed by atoms with E-state index in [4.69, 9.17) is 0 Å². The number of aryl methyl sites for hydroxylation is 3. The third-order valence-electron chi connectivity index (χ3n) is 5.88. The van der Waals surface area contributed by atoms with E-state index in [0.29, 0.717) is 23.8 Å². The quantitative estimate of drug-likeness (QED) is 0.322. The summed E-state index contributed by atoms with van der Waals surface area (Å²) in [6, 6.07) is 12.2. The zero-order valence-corrected chi connectivity index (χ0v) is 20.8. The van der Waals surface area contributed by atoms with E-state index in [1.54, 1.807) is 34.4 Å². The molecule has 1 aliphatic carbocycles. The van der Waals surface area contributed by atoms with Gasteiger partial charge >= 0.3 is 0 Å². The maximum atomic E-state index is 12.7. The summed E-state index contributed by atoms with van der Waals surface area (Å²) in [6.07, 6.45) is 3.59. The van der Waals surface area contributed by atoms with E-state index in [2.05, 4.69) is 52.5 Å². The van der Waals surface area contributed by atoms with Crippen molar-refractivity contribution in [2.75, 3.05) is 5.75 Å². The van der Waals surface area contributed by atoms with Gasteiger partial charge in [-0.25, -0.2) is 4.98 Å². The molecule has 0 saturated carbocycles. The molecule has 0 fully saturated rings. The largest absolute Gasteiger partial charge is 0.344 e. The second-order valence-corrected chi connectivity index (χ2v) is 11.4. The van der Waals surface area contributed by atoms with Crippen molar-refractivity contribution in [2.45, 2.75) is 44.4 Å². The number of benzene rings is 1. The molecule has 8 heteroatoms. The highest BCUT2D eigenvalue weighted by Crippen LogP contribution is 2.34. The molecular formula is C25H25N3O2S3. The number of aromatic nitrogens is 2. The lowest BCUT2D eigenvalue weighted by atomic mass is 10.0. The van der Waals surface area contributed by atoms with Crippen molar-refractivity contribution < 1.29 is 4.79 Å². The number of hydrogen-bond acceptors (Lipinski definition) is 6. The molecule has 1 unspecified atom stereocenters. The van der Waals surface area contributed by atoms with Crippen LogP contribution in [0.5, 0.6) is 0 Å². The minimum Gasteiger partial charge on any atom is -0.344 e. The first-order chi connectivity index (χ1) is 16.1. The SMILES string of the molecule is Cc1ccc(C(NC(=O)CCSCc2nc3sc4c(c3c(=O)[nH]2)CCC4)c2cccs2)cc1. The molecule has 1 amide bonds. The Morgan fingerprint density at radius 2 is 2.09 bits per heavy atom. The van der Waals surface area contributed by atoms with Gasteiger partial charge in [-0.2, -0.15) is 11.8 Å². The molecule has 5 nitrogen and oxygen atoms in total. The van der Waals surface area contributed by atoms with Gasteiger partial charge in [0.1, 0.15) is 10.7 Å². The molecule has 0 radical (unpaired) electrons. The minimum absolute atomic E-state index is 0.0214. The fourth-order valence-electron chi connectivity index (χ4n) is 4.22. The van der Waals surface area contributed by atoms with Crippen molar-refractivity contribution in [3.63, 3.8) is 0 Å². The van der Waals surface area contributed by atoms with Gasteiger partial charge in [0.25, 0.3) is 5.56 Å². The number of rotatable bonds is 8. The number of carbonyl (C=O) groups excluding carboxylic acids is 1. The van der Waals surface area contributed by atoms with Crippen molar-refractivity contribution in [3.05, 3.63) is 84.4 Å². The Bertz CT molecular complexity index is 1320. The van der Waals surface area contributed by atoms with E-state index >= 15 is 0 Å². The first-order valence-electron chi connectivity index (χ1n) is 11.1. The van der Waals surface area contributed by atoms with Gasteiger partial charge in [-0.05, 0) is 48.8 Å². The maximum Gasteiger partial charge on any atom is 0.259 e. The molecule has 170 valence electrons. The van der Waals surface area contributed by atoms with Gasteiger partial charge in [-0.15, -0.1) is 22.7 Å². The third kappa shape index (κ3) is 4.93. The Morgan fingerprint density at radius 3 is 2.88 bits per heavy atom. The van der Waals surface area contributed by atoms with Crippen LogP contribution in [0.1, 0.15) is 51.2 Å². The fraction of sp³-hybridized carbons (Fsp3) is 0.320. The van der Waals surface area contributed by atoms with Crippen LogP contribution in [0.15, 0.2) is 46.6 Å². The van der Waals surface area contributed by atoms with Crippen LogP contribution in [0.25, 0.3) is 10.2 Å². The number of thiophene rings is 2. The lowest BCUT2D eigenvalue weighted by Gasteiger charge is -2.18. The molecule has 1 aliphatic rings. The molecule has 33 heavy (non-hydrogen) atoms. The maximum absolute atomic E-state index is 12.7. The zero-order valence-electron chi connectivity index (χ0n) is 18.3. The van der Waals surface area contributed by atoms with Crippen LogP contribution in [-0.4, -0.2) is 21.6 Å². The molecule has 1 aromatic carbocycles. The Morgan fingerprint density at radius 1 is 1.24 bits per heavy atom. The first kappa shape index (κ1) is 22.4. The van der Waals surface area contributed by atoms with E-state index < -0.39 is 0 Å². The topological polar surface area (TPSA) is 74.8 Å². The average Bonchev–Trinajstić information content (AvgIpc) is 3.53. The number of hydrogen-bond donors (Lipinski definition) is 2. The highest BCUT2D eigenvalue weighted by Gasteiger charge is 2.21. The summed E-state index contributed by atoms with van der Waals surface area (Å²) in [6.45, 7) is 2.06. The predicted molar refractivity (Wildman–Crippen MR) is 139 cm³/mol. The van der Waals surface area contributed by atoms with Crippen LogP contribution in [0.3, 0.4) is 0 Å². The van der Waals surface area contributed by atoms with Gasteiger partial charge < -0.3 is 10.3 Å². The van der Waals surface area contributed by atoms with Gasteiger partial charge in [0.2, 0.25) is 5.91 Å². The molecular weight excluding hydrogens is 470 g/mol. The number of amides is 1. The molecule has 2 N–H and O–H groups in total. The highest BCUT2D eigenvalue weighted by atomic mass is 32.2. The van der Waals surface area contributed by atoms with Gasteiger partial charge in [0.15, 0.2) is 0 Å². The number of aromatic amines is 1. The van der Waals surface area contributed by atoms with E-state index in [1.165, 1.54) is 16.0 Å². The van der Waals surface area contributed by atoms with Crippen molar-refractivity contribution in [1.82, 2.24) is 15.3 Å². The standard InChI is InChI=1S/C25H25N3O2S3/c1-15-7-9-16(10-8-15)23(19-6-3-12-32-19)28-21(29)11-13-31-14-20-26-24(30)22-17-4-2-5-18(17)33-25(22)27-20/h3,6-10,12,23H,2,4-5,11,13-14H2,1H3,(H,28,29)(H,26,27,30). The van der Waals surface area contributed by atoms with Crippen molar-refractivity contribution >= 4 is 50.6 Å². The summed E-state index contributed by atoms with van der Waals surface area (Å²) in [5, 5.41) is 6.02. The molecule has 1 atom stereocenters. The van der Waals surface area contributed by atoms with Gasteiger partial charge in [0, 0.05) is 21.9 Å². The summed E-state index contributed by atoms with van der Waals surface area (Å²) in [5.41, 5.74) is 3.46. The lowest BCUT2D eigenvalue weighted by molar-refractivity contribution is -0.121. The number of nitrogens with zero attached hydrogens (tertiary/aromatic N) is 1. The second kappa shape index (κ2) is 9.83. The van der Waals surface area contributed by atoms with Crippen LogP contribution in [0.2, 0.25) is 0 Å². The summed E-state index contributed by atoms with van der Waals surface area (Å²) in [7, 11) is 0. The minimum atomic E-state index is -0.135.